The molecule has 23 heavy (non-hydrogen) atoms. The summed E-state index contributed by atoms with van der Waals surface area (Å²) in [6.07, 6.45) is 5.18. The fourth-order valence-corrected chi connectivity index (χ4v) is 2.46. The predicted octanol–water partition coefficient (Wildman–Crippen LogP) is 2.77. The van der Waals surface area contributed by atoms with Crippen molar-refractivity contribution in [2.75, 3.05) is 31.1 Å². The van der Waals surface area contributed by atoms with Gasteiger partial charge in [0.1, 0.15) is 5.82 Å². The molecule has 2 aromatic heterocycles. The van der Waals surface area contributed by atoms with E-state index in [0.29, 0.717) is 5.56 Å². The number of aryl methyl sites for hydroxylation is 1. The lowest BCUT2D eigenvalue weighted by atomic mass is 10.2. The Balaban J connectivity index is 0.000000924. The SMILES string of the molecule is CC.Cc1ccc(N2CCN(C(=O)c3ccncc3)CC2)nc1. The van der Waals surface area contributed by atoms with E-state index in [1.54, 1.807) is 24.5 Å². The highest BCUT2D eigenvalue weighted by Crippen LogP contribution is 2.15. The lowest BCUT2D eigenvalue weighted by molar-refractivity contribution is 0.0746. The quantitative estimate of drug-likeness (QED) is 0.855. The van der Waals surface area contributed by atoms with E-state index in [9.17, 15) is 4.79 Å². The average Bonchev–Trinajstić information content (AvgIpc) is 2.64. The van der Waals surface area contributed by atoms with E-state index in [1.807, 2.05) is 37.9 Å². The molecule has 0 spiro atoms. The van der Waals surface area contributed by atoms with Gasteiger partial charge in [0.05, 0.1) is 0 Å². The van der Waals surface area contributed by atoms with Gasteiger partial charge in [-0.15, -0.1) is 0 Å². The number of hydrogen-bond donors (Lipinski definition) is 0. The number of anilines is 1. The standard InChI is InChI=1S/C16H18N4O.C2H6/c1-13-2-3-15(18-12-13)19-8-10-20(11-9-19)16(21)14-4-6-17-7-5-14;1-2/h2-7,12H,8-11H2,1H3;1-2H3. The van der Waals surface area contributed by atoms with E-state index in [2.05, 4.69) is 20.9 Å². The second-order valence-electron chi connectivity index (χ2n) is 5.21. The lowest BCUT2D eigenvalue weighted by Gasteiger charge is -2.35. The summed E-state index contributed by atoms with van der Waals surface area (Å²) < 4.78 is 0. The van der Waals surface area contributed by atoms with Gasteiger partial charge >= 0.3 is 0 Å². The maximum atomic E-state index is 12.4. The van der Waals surface area contributed by atoms with Crippen molar-refractivity contribution < 1.29 is 4.79 Å². The summed E-state index contributed by atoms with van der Waals surface area (Å²) in [5.74, 6) is 1.06. The number of carbonyl (C=O) groups is 1. The second kappa shape index (κ2) is 8.27. The van der Waals surface area contributed by atoms with Crippen LogP contribution in [0.1, 0.15) is 29.8 Å². The number of pyridine rings is 2. The molecule has 1 amide bonds. The minimum absolute atomic E-state index is 0.0777. The van der Waals surface area contributed by atoms with Gasteiger partial charge in [0.25, 0.3) is 5.91 Å². The second-order valence-corrected chi connectivity index (χ2v) is 5.21. The van der Waals surface area contributed by atoms with Crippen molar-refractivity contribution in [3.05, 3.63) is 54.0 Å². The summed E-state index contributed by atoms with van der Waals surface area (Å²) in [5.41, 5.74) is 1.86. The summed E-state index contributed by atoms with van der Waals surface area (Å²) in [5, 5.41) is 0. The van der Waals surface area contributed by atoms with Crippen molar-refractivity contribution in [2.24, 2.45) is 0 Å². The van der Waals surface area contributed by atoms with Crippen LogP contribution in [0, 0.1) is 6.92 Å². The van der Waals surface area contributed by atoms with Gasteiger partial charge < -0.3 is 9.80 Å². The third kappa shape index (κ3) is 4.28. The van der Waals surface area contributed by atoms with Crippen LogP contribution in [0.4, 0.5) is 5.82 Å². The average molecular weight is 312 g/mol. The molecule has 0 radical (unpaired) electrons. The predicted molar refractivity (Wildman–Crippen MR) is 92.7 cm³/mol. The van der Waals surface area contributed by atoms with Crippen molar-refractivity contribution >= 4 is 11.7 Å². The van der Waals surface area contributed by atoms with Gasteiger partial charge in [-0.3, -0.25) is 9.78 Å². The molecule has 0 N–H and O–H groups in total. The highest BCUT2D eigenvalue weighted by molar-refractivity contribution is 5.94. The molecular weight excluding hydrogens is 288 g/mol. The largest absolute Gasteiger partial charge is 0.353 e. The van der Waals surface area contributed by atoms with Crippen molar-refractivity contribution in [2.45, 2.75) is 20.8 Å². The summed E-state index contributed by atoms with van der Waals surface area (Å²) in [6.45, 7) is 9.09. The first-order chi connectivity index (χ1) is 11.2. The summed E-state index contributed by atoms with van der Waals surface area (Å²) in [7, 11) is 0. The Hall–Kier alpha value is -2.43. The molecule has 0 aromatic carbocycles. The topological polar surface area (TPSA) is 49.3 Å². The van der Waals surface area contributed by atoms with E-state index >= 15 is 0 Å². The molecule has 0 aliphatic carbocycles. The highest BCUT2D eigenvalue weighted by atomic mass is 16.2. The van der Waals surface area contributed by atoms with Gasteiger partial charge in [-0.1, -0.05) is 19.9 Å². The lowest BCUT2D eigenvalue weighted by Crippen LogP contribution is -2.49. The van der Waals surface area contributed by atoms with Gasteiger partial charge in [-0.05, 0) is 30.7 Å². The maximum Gasteiger partial charge on any atom is 0.254 e. The van der Waals surface area contributed by atoms with Crippen LogP contribution in [0.15, 0.2) is 42.9 Å². The van der Waals surface area contributed by atoms with E-state index in [4.69, 9.17) is 0 Å². The molecule has 1 aliphatic rings. The number of carbonyl (C=O) groups excluding carboxylic acids is 1. The van der Waals surface area contributed by atoms with Crippen molar-refractivity contribution in [3.63, 3.8) is 0 Å². The van der Waals surface area contributed by atoms with Crippen molar-refractivity contribution in [3.8, 4) is 0 Å². The number of aromatic nitrogens is 2. The maximum absolute atomic E-state index is 12.4. The molecule has 1 aliphatic heterocycles. The first kappa shape index (κ1) is 16.9. The number of hydrogen-bond acceptors (Lipinski definition) is 4. The minimum atomic E-state index is 0.0777. The molecule has 5 heteroatoms. The Bertz CT molecular complexity index is 605. The highest BCUT2D eigenvalue weighted by Gasteiger charge is 2.22. The van der Waals surface area contributed by atoms with E-state index in [-0.39, 0.29) is 5.91 Å². The third-order valence-corrected chi connectivity index (χ3v) is 3.71. The van der Waals surface area contributed by atoms with Crippen molar-refractivity contribution in [1.29, 1.82) is 0 Å². The van der Waals surface area contributed by atoms with Crippen LogP contribution in [-0.2, 0) is 0 Å². The Morgan fingerprint density at radius 2 is 1.65 bits per heavy atom. The summed E-state index contributed by atoms with van der Waals surface area (Å²) in [6, 6.07) is 7.62. The van der Waals surface area contributed by atoms with Crippen LogP contribution < -0.4 is 4.90 Å². The zero-order valence-electron chi connectivity index (χ0n) is 14.1. The molecule has 5 nitrogen and oxygen atoms in total. The first-order valence-corrected chi connectivity index (χ1v) is 8.11. The molecule has 1 fully saturated rings. The number of nitrogens with zero attached hydrogens (tertiary/aromatic N) is 4. The molecule has 0 unspecified atom stereocenters. The number of rotatable bonds is 2. The van der Waals surface area contributed by atoms with E-state index in [0.717, 1.165) is 37.6 Å². The zero-order valence-corrected chi connectivity index (χ0v) is 14.1. The van der Waals surface area contributed by atoms with Crippen LogP contribution in [0.25, 0.3) is 0 Å². The van der Waals surface area contributed by atoms with Gasteiger partial charge in [0.2, 0.25) is 0 Å². The monoisotopic (exact) mass is 312 g/mol. The Kier molecular flexibility index (Phi) is 6.09. The van der Waals surface area contributed by atoms with Crippen LogP contribution in [-0.4, -0.2) is 47.0 Å². The number of piperazine rings is 1. The van der Waals surface area contributed by atoms with Crippen molar-refractivity contribution in [1.82, 2.24) is 14.9 Å². The molecule has 0 saturated carbocycles. The molecule has 122 valence electrons. The Labute approximate surface area is 138 Å². The fraction of sp³-hybridized carbons (Fsp3) is 0.389. The minimum Gasteiger partial charge on any atom is -0.353 e. The normalized spacial score (nSPS) is 14.0. The van der Waals surface area contributed by atoms with Gasteiger partial charge in [-0.2, -0.15) is 0 Å². The summed E-state index contributed by atoms with van der Waals surface area (Å²) in [4.78, 5) is 24.8. The van der Waals surface area contributed by atoms with Crippen LogP contribution in [0.3, 0.4) is 0 Å². The Morgan fingerprint density at radius 3 is 2.22 bits per heavy atom. The third-order valence-electron chi connectivity index (χ3n) is 3.71. The summed E-state index contributed by atoms with van der Waals surface area (Å²) >= 11 is 0. The van der Waals surface area contributed by atoms with Crippen LogP contribution in [0.5, 0.6) is 0 Å². The molecular formula is C18H24N4O. The molecule has 0 bridgehead atoms. The molecule has 1 saturated heterocycles. The number of amides is 1. The molecule has 0 atom stereocenters. The fourth-order valence-electron chi connectivity index (χ4n) is 2.46. The van der Waals surface area contributed by atoms with Gasteiger partial charge in [0.15, 0.2) is 0 Å². The van der Waals surface area contributed by atoms with Gasteiger partial charge in [0, 0.05) is 50.3 Å². The molecule has 3 rings (SSSR count). The molecule has 3 heterocycles. The zero-order chi connectivity index (χ0) is 16.7. The van der Waals surface area contributed by atoms with E-state index < -0.39 is 0 Å². The smallest absolute Gasteiger partial charge is 0.254 e. The Morgan fingerprint density at radius 1 is 1.00 bits per heavy atom. The van der Waals surface area contributed by atoms with E-state index in [1.165, 1.54) is 0 Å². The van der Waals surface area contributed by atoms with Crippen LogP contribution >= 0.6 is 0 Å². The molecule has 2 aromatic rings. The first-order valence-electron chi connectivity index (χ1n) is 8.11. The van der Waals surface area contributed by atoms with Crippen LogP contribution in [0.2, 0.25) is 0 Å². The van der Waals surface area contributed by atoms with Gasteiger partial charge in [-0.25, -0.2) is 4.98 Å².